The van der Waals surface area contributed by atoms with Gasteiger partial charge in [0, 0.05) is 5.92 Å². The Bertz CT molecular complexity index is 1130. The summed E-state index contributed by atoms with van der Waals surface area (Å²) in [7, 11) is 0. The van der Waals surface area contributed by atoms with Crippen molar-refractivity contribution in [3.63, 3.8) is 0 Å². The molecular weight excluding hydrogens is 410 g/mol. The Morgan fingerprint density at radius 3 is 2.19 bits per heavy atom. The van der Waals surface area contributed by atoms with Crippen LogP contribution in [0.4, 0.5) is 10.5 Å². The maximum Gasteiger partial charge on any atom is 0.407 e. The number of aromatic nitrogens is 1. The van der Waals surface area contributed by atoms with Gasteiger partial charge in [-0.05, 0) is 41.3 Å². The molecule has 32 heavy (non-hydrogen) atoms. The molecule has 0 saturated heterocycles. The van der Waals surface area contributed by atoms with E-state index in [0.717, 1.165) is 22.3 Å². The zero-order chi connectivity index (χ0) is 22.7. The number of pyridine rings is 1. The van der Waals surface area contributed by atoms with Crippen molar-refractivity contribution in [2.45, 2.75) is 18.9 Å². The number of aromatic carboxylic acids is 1. The monoisotopic (exact) mass is 431 g/mol. The Kier molecular flexibility index (Phi) is 5.85. The van der Waals surface area contributed by atoms with E-state index in [2.05, 4.69) is 27.8 Å². The molecule has 0 unspecified atom stereocenters. The fourth-order valence-electron chi connectivity index (χ4n) is 3.73. The summed E-state index contributed by atoms with van der Waals surface area (Å²) in [6.45, 7) is 1.67. The third-order valence-corrected chi connectivity index (χ3v) is 5.32. The molecule has 3 N–H and O–H groups in total. The van der Waals surface area contributed by atoms with Crippen LogP contribution >= 0.6 is 0 Å². The Hall–Kier alpha value is -4.20. The van der Waals surface area contributed by atoms with Gasteiger partial charge in [-0.2, -0.15) is 0 Å². The average molecular weight is 431 g/mol. The number of carboxylic acids is 1. The van der Waals surface area contributed by atoms with E-state index in [1.807, 2.05) is 36.4 Å². The van der Waals surface area contributed by atoms with E-state index in [-0.39, 0.29) is 18.2 Å². The lowest BCUT2D eigenvalue weighted by Gasteiger charge is -2.17. The first-order chi connectivity index (χ1) is 15.4. The number of alkyl carbamates (subject to hydrolysis) is 1. The van der Waals surface area contributed by atoms with E-state index < -0.39 is 24.0 Å². The second-order valence-electron chi connectivity index (χ2n) is 7.42. The molecule has 1 aliphatic carbocycles. The molecule has 4 rings (SSSR count). The number of benzene rings is 2. The predicted octanol–water partition coefficient (Wildman–Crippen LogP) is 3.65. The molecule has 1 atom stereocenters. The predicted molar refractivity (Wildman–Crippen MR) is 117 cm³/mol. The van der Waals surface area contributed by atoms with E-state index >= 15 is 0 Å². The van der Waals surface area contributed by atoms with Crippen molar-refractivity contribution in [2.24, 2.45) is 0 Å². The van der Waals surface area contributed by atoms with Gasteiger partial charge in [0.25, 0.3) is 0 Å². The van der Waals surface area contributed by atoms with Gasteiger partial charge in [0.05, 0.1) is 11.9 Å². The molecule has 3 aromatic rings. The molecule has 0 fully saturated rings. The van der Waals surface area contributed by atoms with Crippen LogP contribution < -0.4 is 10.6 Å². The van der Waals surface area contributed by atoms with Crippen LogP contribution in [0.3, 0.4) is 0 Å². The van der Waals surface area contributed by atoms with Gasteiger partial charge in [-0.15, -0.1) is 0 Å². The van der Waals surface area contributed by atoms with Crippen molar-refractivity contribution in [1.29, 1.82) is 0 Å². The third kappa shape index (κ3) is 4.29. The summed E-state index contributed by atoms with van der Waals surface area (Å²) in [4.78, 5) is 39.2. The molecule has 8 nitrogen and oxygen atoms in total. The van der Waals surface area contributed by atoms with Crippen LogP contribution in [0.2, 0.25) is 0 Å². The highest BCUT2D eigenvalue weighted by Gasteiger charge is 2.29. The summed E-state index contributed by atoms with van der Waals surface area (Å²) in [6, 6.07) is 17.9. The number of amides is 2. The molecule has 2 amide bonds. The van der Waals surface area contributed by atoms with Crippen molar-refractivity contribution in [3.8, 4) is 11.1 Å². The molecule has 1 heterocycles. The number of rotatable bonds is 6. The number of nitrogens with one attached hydrogen (secondary N) is 2. The van der Waals surface area contributed by atoms with E-state index in [9.17, 15) is 14.4 Å². The maximum absolute atomic E-state index is 12.3. The average Bonchev–Trinajstić information content (AvgIpc) is 3.12. The van der Waals surface area contributed by atoms with Gasteiger partial charge < -0.3 is 20.5 Å². The standard InChI is InChI=1S/C24H21N3O5/c1-14(22(28)27-15-10-11-21(23(29)30)25-12-15)26-24(31)32-13-20-18-8-4-2-6-16(18)17-7-3-5-9-19(17)20/h2-12,14,20H,13H2,1H3,(H,26,31)(H,27,28)(H,29,30)/t14-/m0/s1. The van der Waals surface area contributed by atoms with Crippen LogP contribution in [0.15, 0.2) is 66.9 Å². The second kappa shape index (κ2) is 8.89. The number of hydrogen-bond acceptors (Lipinski definition) is 5. The first kappa shape index (κ1) is 21.0. The van der Waals surface area contributed by atoms with E-state index in [1.165, 1.54) is 25.3 Å². The second-order valence-corrected chi connectivity index (χ2v) is 7.42. The zero-order valence-corrected chi connectivity index (χ0v) is 17.2. The molecule has 162 valence electrons. The van der Waals surface area contributed by atoms with Crippen LogP contribution in [0.25, 0.3) is 11.1 Å². The molecule has 0 radical (unpaired) electrons. The fourth-order valence-corrected chi connectivity index (χ4v) is 3.73. The van der Waals surface area contributed by atoms with Gasteiger partial charge in [0.1, 0.15) is 18.3 Å². The van der Waals surface area contributed by atoms with Gasteiger partial charge in [-0.25, -0.2) is 14.6 Å². The fraction of sp³-hybridized carbons (Fsp3) is 0.167. The minimum Gasteiger partial charge on any atom is -0.477 e. The van der Waals surface area contributed by atoms with Gasteiger partial charge in [0.2, 0.25) is 5.91 Å². The lowest BCUT2D eigenvalue weighted by Crippen LogP contribution is -2.42. The highest BCUT2D eigenvalue weighted by Crippen LogP contribution is 2.44. The van der Waals surface area contributed by atoms with E-state index in [0.29, 0.717) is 5.69 Å². The molecule has 0 aliphatic heterocycles. The van der Waals surface area contributed by atoms with E-state index in [1.54, 1.807) is 0 Å². The number of carbonyl (C=O) groups is 3. The number of hydrogen-bond donors (Lipinski definition) is 3. The lowest BCUT2D eigenvalue weighted by molar-refractivity contribution is -0.117. The van der Waals surface area contributed by atoms with Crippen molar-refractivity contribution in [2.75, 3.05) is 11.9 Å². The number of carboxylic acid groups (broad SMARTS) is 1. The smallest absolute Gasteiger partial charge is 0.407 e. The number of fused-ring (bicyclic) bond motifs is 3. The number of anilines is 1. The third-order valence-electron chi connectivity index (χ3n) is 5.32. The van der Waals surface area contributed by atoms with Gasteiger partial charge >= 0.3 is 12.1 Å². The van der Waals surface area contributed by atoms with Crippen LogP contribution in [0, 0.1) is 0 Å². The number of carbonyl (C=O) groups excluding carboxylic acids is 2. The van der Waals surface area contributed by atoms with Crippen molar-refractivity contribution in [3.05, 3.63) is 83.7 Å². The quantitative estimate of drug-likeness (QED) is 0.548. The minimum atomic E-state index is -1.16. The molecule has 1 aliphatic rings. The molecule has 2 aromatic carbocycles. The normalized spacial score (nSPS) is 12.9. The lowest BCUT2D eigenvalue weighted by atomic mass is 9.98. The minimum absolute atomic E-state index is 0.0730. The topological polar surface area (TPSA) is 118 Å². The SMILES string of the molecule is C[C@H](NC(=O)OCC1c2ccccc2-c2ccccc21)C(=O)Nc1ccc(C(=O)O)nc1. The Labute approximate surface area is 184 Å². The summed E-state index contributed by atoms with van der Waals surface area (Å²) >= 11 is 0. The highest BCUT2D eigenvalue weighted by molar-refractivity contribution is 5.96. The van der Waals surface area contributed by atoms with Gasteiger partial charge in [0.15, 0.2) is 0 Å². The molecular formula is C24H21N3O5. The first-order valence-electron chi connectivity index (χ1n) is 10.1. The first-order valence-corrected chi connectivity index (χ1v) is 10.1. The number of ether oxygens (including phenoxy) is 1. The molecule has 8 heteroatoms. The molecule has 0 saturated carbocycles. The van der Waals surface area contributed by atoms with Crippen molar-refractivity contribution >= 4 is 23.7 Å². The summed E-state index contributed by atoms with van der Waals surface area (Å²) in [5, 5.41) is 14.0. The van der Waals surface area contributed by atoms with Crippen LogP contribution in [0.1, 0.15) is 34.5 Å². The summed E-state index contributed by atoms with van der Waals surface area (Å²) < 4.78 is 5.45. The highest BCUT2D eigenvalue weighted by atomic mass is 16.5. The van der Waals surface area contributed by atoms with Crippen LogP contribution in [-0.2, 0) is 9.53 Å². The summed E-state index contributed by atoms with van der Waals surface area (Å²) in [6.07, 6.45) is 0.537. The molecule has 0 spiro atoms. The Morgan fingerprint density at radius 2 is 1.62 bits per heavy atom. The molecule has 1 aromatic heterocycles. The summed E-state index contributed by atoms with van der Waals surface area (Å²) in [5.41, 5.74) is 4.66. The Morgan fingerprint density at radius 1 is 1.00 bits per heavy atom. The van der Waals surface area contributed by atoms with Gasteiger partial charge in [-0.1, -0.05) is 48.5 Å². The largest absolute Gasteiger partial charge is 0.477 e. The van der Waals surface area contributed by atoms with E-state index in [4.69, 9.17) is 9.84 Å². The van der Waals surface area contributed by atoms with Crippen LogP contribution in [0.5, 0.6) is 0 Å². The summed E-state index contributed by atoms with van der Waals surface area (Å²) in [5.74, 6) is -1.72. The Balaban J connectivity index is 1.34. The maximum atomic E-state index is 12.3. The van der Waals surface area contributed by atoms with Crippen molar-refractivity contribution in [1.82, 2.24) is 10.3 Å². The van der Waals surface area contributed by atoms with Crippen molar-refractivity contribution < 1.29 is 24.2 Å². The van der Waals surface area contributed by atoms with Crippen LogP contribution in [-0.4, -0.2) is 40.7 Å². The molecule has 0 bridgehead atoms. The van der Waals surface area contributed by atoms with Gasteiger partial charge in [-0.3, -0.25) is 4.79 Å². The number of nitrogens with zero attached hydrogens (tertiary/aromatic N) is 1. The zero-order valence-electron chi connectivity index (χ0n) is 17.2.